The molecule has 4 rings (SSSR count). The Morgan fingerprint density at radius 1 is 0.800 bits per heavy atom. The largest absolute Gasteiger partial charge is 0.849 e. The van der Waals surface area contributed by atoms with Crippen LogP contribution < -0.4 is 5.11 Å². The third kappa shape index (κ3) is 1.41. The Kier molecular flexibility index (Phi) is 1.93. The molecule has 0 aromatic heterocycles. The van der Waals surface area contributed by atoms with Crippen molar-refractivity contribution in [2.24, 2.45) is 0 Å². The molecule has 0 amide bonds. The van der Waals surface area contributed by atoms with E-state index in [-0.39, 0.29) is 0 Å². The van der Waals surface area contributed by atoms with Crippen molar-refractivity contribution in [2.45, 2.75) is 49.5 Å². The van der Waals surface area contributed by atoms with E-state index in [2.05, 4.69) is 30.3 Å². The van der Waals surface area contributed by atoms with Crippen LogP contribution >= 0.6 is 0 Å². The Morgan fingerprint density at radius 2 is 1.33 bits per heavy atom. The van der Waals surface area contributed by atoms with Crippen LogP contribution in [-0.4, -0.2) is 5.60 Å². The van der Waals surface area contributed by atoms with E-state index < -0.39 is 5.60 Å². The second-order valence-corrected chi connectivity index (χ2v) is 5.33. The Balaban J connectivity index is 1.94. The van der Waals surface area contributed by atoms with Crippen molar-refractivity contribution in [3.05, 3.63) is 35.9 Å². The average molecular weight is 201 g/mol. The maximum atomic E-state index is 12.1. The fraction of sp³-hybridized carbons (Fsp3) is 0.571. The van der Waals surface area contributed by atoms with Crippen molar-refractivity contribution < 1.29 is 5.11 Å². The highest BCUT2D eigenvalue weighted by Crippen LogP contribution is 2.52. The molecule has 0 radical (unpaired) electrons. The second kappa shape index (κ2) is 3.08. The summed E-state index contributed by atoms with van der Waals surface area (Å²) >= 11 is 0. The van der Waals surface area contributed by atoms with Gasteiger partial charge in [-0.25, -0.2) is 0 Å². The molecule has 0 aliphatic heterocycles. The maximum absolute atomic E-state index is 12.1. The maximum Gasteiger partial charge on any atom is -0.00478 e. The topological polar surface area (TPSA) is 23.1 Å². The minimum absolute atomic E-state index is 0.355. The third-order valence-electron chi connectivity index (χ3n) is 4.56. The van der Waals surface area contributed by atoms with Crippen LogP contribution in [0.1, 0.15) is 44.1 Å². The highest BCUT2D eigenvalue weighted by molar-refractivity contribution is 5.28. The SMILES string of the molecule is [O-]C12CCC(c3ccccc3)(CC1)CC2. The van der Waals surface area contributed by atoms with E-state index in [1.54, 1.807) is 0 Å². The van der Waals surface area contributed by atoms with E-state index in [4.69, 9.17) is 0 Å². The molecular formula is C14H17O-. The molecule has 0 unspecified atom stereocenters. The smallest absolute Gasteiger partial charge is 0.00478 e. The molecule has 3 aliphatic rings. The quantitative estimate of drug-likeness (QED) is 0.684. The van der Waals surface area contributed by atoms with Crippen molar-refractivity contribution in [2.75, 3.05) is 0 Å². The first-order valence-electron chi connectivity index (χ1n) is 5.99. The van der Waals surface area contributed by atoms with Gasteiger partial charge in [-0.2, -0.15) is 0 Å². The molecule has 3 saturated carbocycles. The summed E-state index contributed by atoms with van der Waals surface area (Å²) in [4.78, 5) is 0. The van der Waals surface area contributed by atoms with Gasteiger partial charge in [0.1, 0.15) is 0 Å². The van der Waals surface area contributed by atoms with Crippen LogP contribution in [0.4, 0.5) is 0 Å². The van der Waals surface area contributed by atoms with Gasteiger partial charge in [0, 0.05) is 0 Å². The van der Waals surface area contributed by atoms with Crippen molar-refractivity contribution >= 4 is 0 Å². The van der Waals surface area contributed by atoms with Gasteiger partial charge in [0.05, 0.1) is 0 Å². The Labute approximate surface area is 91.1 Å². The number of hydrogen-bond donors (Lipinski definition) is 0. The number of fused-ring (bicyclic) bond motifs is 3. The molecule has 0 spiro atoms. The molecule has 1 heteroatoms. The Bertz CT molecular complexity index is 330. The summed E-state index contributed by atoms with van der Waals surface area (Å²) in [6, 6.07) is 10.8. The minimum Gasteiger partial charge on any atom is -0.849 e. The van der Waals surface area contributed by atoms with Gasteiger partial charge in [0.2, 0.25) is 0 Å². The first-order valence-corrected chi connectivity index (χ1v) is 5.99. The zero-order valence-corrected chi connectivity index (χ0v) is 9.04. The molecule has 80 valence electrons. The van der Waals surface area contributed by atoms with Crippen LogP contribution in [0, 0.1) is 0 Å². The lowest BCUT2D eigenvalue weighted by atomic mass is 9.56. The summed E-state index contributed by atoms with van der Waals surface area (Å²) < 4.78 is 0. The lowest BCUT2D eigenvalue weighted by molar-refractivity contribution is -0.495. The van der Waals surface area contributed by atoms with Gasteiger partial charge in [-0.15, -0.1) is 5.60 Å². The highest BCUT2D eigenvalue weighted by Gasteiger charge is 2.43. The highest BCUT2D eigenvalue weighted by atomic mass is 16.3. The van der Waals surface area contributed by atoms with E-state index in [1.165, 1.54) is 5.56 Å². The molecule has 0 N–H and O–H groups in total. The first-order chi connectivity index (χ1) is 7.23. The van der Waals surface area contributed by atoms with E-state index >= 15 is 0 Å². The molecule has 0 saturated heterocycles. The number of rotatable bonds is 1. The van der Waals surface area contributed by atoms with Gasteiger partial charge in [-0.1, -0.05) is 49.6 Å². The number of benzene rings is 1. The van der Waals surface area contributed by atoms with E-state index in [0.29, 0.717) is 5.41 Å². The number of hydrogen-bond acceptors (Lipinski definition) is 1. The van der Waals surface area contributed by atoms with Crippen LogP contribution in [0.3, 0.4) is 0 Å². The van der Waals surface area contributed by atoms with Gasteiger partial charge in [0.15, 0.2) is 0 Å². The Hall–Kier alpha value is -0.820. The molecule has 3 fully saturated rings. The van der Waals surface area contributed by atoms with Gasteiger partial charge >= 0.3 is 0 Å². The van der Waals surface area contributed by atoms with Crippen LogP contribution in [0.5, 0.6) is 0 Å². The normalized spacial score (nSPS) is 39.3. The summed E-state index contributed by atoms with van der Waals surface area (Å²) in [5.41, 5.74) is 1.26. The van der Waals surface area contributed by atoms with Crippen molar-refractivity contribution in [3.63, 3.8) is 0 Å². The Morgan fingerprint density at radius 3 is 1.87 bits per heavy atom. The molecule has 1 aromatic carbocycles. The fourth-order valence-electron chi connectivity index (χ4n) is 3.38. The van der Waals surface area contributed by atoms with Crippen molar-refractivity contribution in [1.29, 1.82) is 0 Å². The molecule has 15 heavy (non-hydrogen) atoms. The fourth-order valence-corrected chi connectivity index (χ4v) is 3.38. The van der Waals surface area contributed by atoms with Crippen molar-refractivity contribution in [3.8, 4) is 0 Å². The molecule has 1 aromatic rings. The first kappa shape index (κ1) is 9.41. The van der Waals surface area contributed by atoms with Gasteiger partial charge in [-0.3, -0.25) is 0 Å². The summed E-state index contributed by atoms with van der Waals surface area (Å²) in [5.74, 6) is 0. The molecule has 1 nitrogen and oxygen atoms in total. The molecule has 0 heterocycles. The standard InChI is InChI=1S/C14H17O/c15-14-9-6-13(7-10-14,8-11-14)12-4-2-1-3-5-12/h1-5H,6-11H2/q-1. The summed E-state index contributed by atoms with van der Waals surface area (Å²) in [6.45, 7) is 0. The summed E-state index contributed by atoms with van der Waals surface area (Å²) in [7, 11) is 0. The van der Waals surface area contributed by atoms with Crippen LogP contribution in [-0.2, 0) is 5.41 Å². The van der Waals surface area contributed by atoms with Gasteiger partial charge in [-0.05, 0) is 30.2 Å². The summed E-state index contributed by atoms with van der Waals surface area (Å²) in [5, 5.41) is 12.1. The van der Waals surface area contributed by atoms with E-state index in [9.17, 15) is 5.11 Å². The average Bonchev–Trinajstić information content (AvgIpc) is 2.32. The van der Waals surface area contributed by atoms with E-state index in [1.807, 2.05) is 0 Å². The minimum atomic E-state index is -0.559. The lowest BCUT2D eigenvalue weighted by Gasteiger charge is -2.58. The van der Waals surface area contributed by atoms with Gasteiger partial charge < -0.3 is 5.11 Å². The monoisotopic (exact) mass is 201 g/mol. The van der Waals surface area contributed by atoms with Crippen LogP contribution in [0.25, 0.3) is 0 Å². The zero-order valence-electron chi connectivity index (χ0n) is 9.04. The third-order valence-corrected chi connectivity index (χ3v) is 4.56. The second-order valence-electron chi connectivity index (χ2n) is 5.33. The predicted molar refractivity (Wildman–Crippen MR) is 58.6 cm³/mol. The zero-order chi connectivity index (χ0) is 10.4. The summed E-state index contributed by atoms with van der Waals surface area (Å²) in [6.07, 6.45) is 6.01. The van der Waals surface area contributed by atoms with Crippen molar-refractivity contribution in [1.82, 2.24) is 0 Å². The van der Waals surface area contributed by atoms with Gasteiger partial charge in [0.25, 0.3) is 0 Å². The van der Waals surface area contributed by atoms with Crippen LogP contribution in [0.2, 0.25) is 0 Å². The molecule has 0 atom stereocenters. The van der Waals surface area contributed by atoms with Crippen LogP contribution in [0.15, 0.2) is 30.3 Å². The molecular weight excluding hydrogens is 184 g/mol. The predicted octanol–water partition coefficient (Wildman–Crippen LogP) is 2.39. The lowest BCUT2D eigenvalue weighted by Crippen LogP contribution is -2.55. The van der Waals surface area contributed by atoms with E-state index in [0.717, 1.165) is 38.5 Å². The molecule has 2 bridgehead atoms. The molecule has 3 aliphatic carbocycles.